The minimum atomic E-state index is -3.78. The maximum Gasteiger partial charge on any atom is 0.325 e. The van der Waals surface area contributed by atoms with E-state index in [2.05, 4.69) is 0 Å². The standard InChI is InChI=1S/C28H57O5P/c29-28(30)26-24-22-20-18-16-14-12-10-8-6-4-2-1-3-5-7-9-11-13-15-17-19-21-23-25-27-34(31,32)33/h1-27H2,(H,29,30)(H2,31,32,33). The van der Waals surface area contributed by atoms with Gasteiger partial charge >= 0.3 is 13.6 Å². The van der Waals surface area contributed by atoms with E-state index in [4.69, 9.17) is 14.9 Å². The molecule has 0 bridgehead atoms. The second-order valence-electron chi connectivity index (χ2n) is 10.4. The van der Waals surface area contributed by atoms with Gasteiger partial charge in [-0.3, -0.25) is 9.36 Å². The predicted octanol–water partition coefficient (Wildman–Crippen LogP) is 9.39. The Bertz CT molecular complexity index is 477. The monoisotopic (exact) mass is 504 g/mol. The first-order chi connectivity index (χ1) is 16.4. The van der Waals surface area contributed by atoms with E-state index >= 15 is 0 Å². The zero-order valence-corrected chi connectivity index (χ0v) is 23.1. The molecule has 204 valence electrons. The number of rotatable bonds is 28. The normalized spacial score (nSPS) is 11.8. The lowest BCUT2D eigenvalue weighted by atomic mass is 10.0. The molecule has 0 radical (unpaired) electrons. The molecule has 0 aromatic rings. The van der Waals surface area contributed by atoms with Crippen molar-refractivity contribution in [3.63, 3.8) is 0 Å². The molecule has 3 N–H and O–H groups in total. The molecule has 0 aliphatic rings. The third-order valence-corrected chi connectivity index (χ3v) is 7.74. The molecule has 0 spiro atoms. The Morgan fingerprint density at radius 2 is 0.618 bits per heavy atom. The number of aliphatic carboxylic acids is 1. The van der Waals surface area contributed by atoms with Crippen LogP contribution in [0, 0.1) is 0 Å². The van der Waals surface area contributed by atoms with E-state index < -0.39 is 13.6 Å². The fourth-order valence-corrected chi connectivity index (χ4v) is 5.30. The highest BCUT2D eigenvalue weighted by Gasteiger charge is 2.10. The lowest BCUT2D eigenvalue weighted by Gasteiger charge is -2.05. The van der Waals surface area contributed by atoms with Crippen molar-refractivity contribution in [3.05, 3.63) is 0 Å². The third kappa shape index (κ3) is 31.6. The maximum atomic E-state index is 10.8. The van der Waals surface area contributed by atoms with Gasteiger partial charge in [0.1, 0.15) is 0 Å². The van der Waals surface area contributed by atoms with E-state index in [9.17, 15) is 9.36 Å². The Labute approximate surface area is 211 Å². The van der Waals surface area contributed by atoms with Crippen LogP contribution in [0.15, 0.2) is 0 Å². The lowest BCUT2D eigenvalue weighted by molar-refractivity contribution is -0.137. The Balaban J connectivity index is 3.05. The van der Waals surface area contributed by atoms with Gasteiger partial charge in [-0.05, 0) is 12.8 Å². The Morgan fingerprint density at radius 1 is 0.412 bits per heavy atom. The minimum absolute atomic E-state index is 0.0504. The van der Waals surface area contributed by atoms with E-state index in [0.29, 0.717) is 12.8 Å². The SMILES string of the molecule is O=C(O)CCCCCCCCCCCCCCCCCCCCCCCCCCCP(=O)(O)O. The molecule has 0 aromatic heterocycles. The average molecular weight is 505 g/mol. The summed E-state index contributed by atoms with van der Waals surface area (Å²) in [6, 6.07) is 0. The van der Waals surface area contributed by atoms with Gasteiger partial charge in [0, 0.05) is 12.6 Å². The molecule has 6 heteroatoms. The predicted molar refractivity (Wildman–Crippen MR) is 145 cm³/mol. The van der Waals surface area contributed by atoms with Gasteiger partial charge in [0.25, 0.3) is 0 Å². The molecule has 0 saturated heterocycles. The molecule has 0 aliphatic carbocycles. The highest BCUT2D eigenvalue weighted by molar-refractivity contribution is 7.51. The summed E-state index contributed by atoms with van der Waals surface area (Å²) in [6.07, 6.45) is 32.0. The maximum absolute atomic E-state index is 10.8. The third-order valence-electron chi connectivity index (χ3n) is 6.84. The van der Waals surface area contributed by atoms with Crippen LogP contribution >= 0.6 is 7.60 Å². The van der Waals surface area contributed by atoms with E-state index in [1.165, 1.54) is 128 Å². The second kappa shape index (κ2) is 25.7. The largest absolute Gasteiger partial charge is 0.481 e. The van der Waals surface area contributed by atoms with Gasteiger partial charge in [0.15, 0.2) is 0 Å². The van der Waals surface area contributed by atoms with Crippen LogP contribution in [0.5, 0.6) is 0 Å². The summed E-state index contributed by atoms with van der Waals surface area (Å²) >= 11 is 0. The zero-order chi connectivity index (χ0) is 25.2. The molecule has 5 nitrogen and oxygen atoms in total. The molecule has 0 saturated carbocycles. The first-order valence-corrected chi connectivity index (χ1v) is 16.5. The van der Waals surface area contributed by atoms with E-state index in [0.717, 1.165) is 25.7 Å². The van der Waals surface area contributed by atoms with Crippen LogP contribution in [0.25, 0.3) is 0 Å². The molecule has 0 aliphatic heterocycles. The summed E-state index contributed by atoms with van der Waals surface area (Å²) in [5, 5.41) is 8.60. The van der Waals surface area contributed by atoms with Crippen molar-refractivity contribution in [2.24, 2.45) is 0 Å². The molecule has 34 heavy (non-hydrogen) atoms. The fourth-order valence-electron chi connectivity index (χ4n) is 4.66. The highest BCUT2D eigenvalue weighted by Crippen LogP contribution is 2.35. The zero-order valence-electron chi connectivity index (χ0n) is 22.2. The van der Waals surface area contributed by atoms with E-state index in [-0.39, 0.29) is 6.16 Å². The van der Waals surface area contributed by atoms with Crippen molar-refractivity contribution in [1.82, 2.24) is 0 Å². The van der Waals surface area contributed by atoms with Crippen LogP contribution in [-0.2, 0) is 9.36 Å². The van der Waals surface area contributed by atoms with Gasteiger partial charge in [-0.15, -0.1) is 0 Å². The molecular weight excluding hydrogens is 447 g/mol. The van der Waals surface area contributed by atoms with Crippen molar-refractivity contribution < 1.29 is 24.3 Å². The van der Waals surface area contributed by atoms with Crippen LogP contribution in [0.3, 0.4) is 0 Å². The second-order valence-corrected chi connectivity index (χ2v) is 12.1. The number of hydrogen-bond donors (Lipinski definition) is 3. The van der Waals surface area contributed by atoms with Crippen LogP contribution in [0.4, 0.5) is 0 Å². The van der Waals surface area contributed by atoms with Crippen molar-refractivity contribution in [1.29, 1.82) is 0 Å². The van der Waals surface area contributed by atoms with Gasteiger partial charge in [-0.25, -0.2) is 0 Å². The summed E-state index contributed by atoms with van der Waals surface area (Å²) in [7, 11) is -3.78. The molecule has 0 unspecified atom stereocenters. The molecule has 0 heterocycles. The molecule has 0 amide bonds. The first kappa shape index (κ1) is 33.6. The van der Waals surface area contributed by atoms with Crippen LogP contribution < -0.4 is 0 Å². The van der Waals surface area contributed by atoms with E-state index in [1.54, 1.807) is 0 Å². The van der Waals surface area contributed by atoms with E-state index in [1.807, 2.05) is 0 Å². The summed E-state index contributed by atoms with van der Waals surface area (Å²) in [5.41, 5.74) is 0. The smallest absolute Gasteiger partial charge is 0.325 e. The van der Waals surface area contributed by atoms with Crippen molar-refractivity contribution in [3.8, 4) is 0 Å². The number of carbonyl (C=O) groups is 1. The first-order valence-electron chi connectivity index (χ1n) is 14.7. The molecule has 0 rings (SSSR count). The van der Waals surface area contributed by atoms with Crippen molar-refractivity contribution in [2.45, 2.75) is 167 Å². The molecule has 0 aromatic carbocycles. The molecule has 0 fully saturated rings. The van der Waals surface area contributed by atoms with Gasteiger partial charge in [0.2, 0.25) is 0 Å². The Kier molecular flexibility index (Phi) is 25.4. The summed E-state index contributed by atoms with van der Waals surface area (Å²) in [6.45, 7) is 0. The minimum Gasteiger partial charge on any atom is -0.481 e. The van der Waals surface area contributed by atoms with Crippen LogP contribution in [0.2, 0.25) is 0 Å². The lowest BCUT2D eigenvalue weighted by Crippen LogP contribution is -1.93. The highest BCUT2D eigenvalue weighted by atomic mass is 31.2. The number of carboxylic acids is 1. The molecule has 0 atom stereocenters. The number of hydrogen-bond acceptors (Lipinski definition) is 2. The Hall–Kier alpha value is -0.380. The van der Waals surface area contributed by atoms with Gasteiger partial charge < -0.3 is 14.9 Å². The Morgan fingerprint density at radius 3 is 0.824 bits per heavy atom. The summed E-state index contributed by atoms with van der Waals surface area (Å²) < 4.78 is 10.8. The molecular formula is C28H57O5P. The average Bonchev–Trinajstić information content (AvgIpc) is 2.77. The summed E-state index contributed by atoms with van der Waals surface area (Å²) in [4.78, 5) is 28.1. The van der Waals surface area contributed by atoms with Crippen LogP contribution in [0.1, 0.15) is 167 Å². The topological polar surface area (TPSA) is 94.8 Å². The number of unbranched alkanes of at least 4 members (excludes halogenated alkanes) is 24. The van der Waals surface area contributed by atoms with Gasteiger partial charge in [-0.1, -0.05) is 148 Å². The number of carboxylic acid groups (broad SMARTS) is 1. The van der Waals surface area contributed by atoms with Crippen molar-refractivity contribution in [2.75, 3.05) is 6.16 Å². The summed E-state index contributed by atoms with van der Waals surface area (Å²) in [5.74, 6) is -0.663. The fraction of sp³-hybridized carbons (Fsp3) is 0.964. The quantitative estimate of drug-likeness (QED) is 0.0728. The van der Waals surface area contributed by atoms with Gasteiger partial charge in [0.05, 0.1) is 0 Å². The van der Waals surface area contributed by atoms with Gasteiger partial charge in [-0.2, -0.15) is 0 Å². The van der Waals surface area contributed by atoms with Crippen LogP contribution in [-0.4, -0.2) is 27.0 Å². The van der Waals surface area contributed by atoms with Crippen molar-refractivity contribution >= 4 is 13.6 Å².